The predicted molar refractivity (Wildman–Crippen MR) is 115 cm³/mol. The van der Waals surface area contributed by atoms with Gasteiger partial charge in [-0.3, -0.25) is 4.99 Å². The van der Waals surface area contributed by atoms with Crippen molar-refractivity contribution in [3.05, 3.63) is 81.6 Å². The Balaban J connectivity index is 1.95. The second-order valence-electron chi connectivity index (χ2n) is 7.67. The van der Waals surface area contributed by atoms with Crippen molar-refractivity contribution >= 4 is 27.8 Å². The van der Waals surface area contributed by atoms with Crippen LogP contribution < -0.4 is 0 Å². The molecule has 26 heavy (non-hydrogen) atoms. The van der Waals surface area contributed by atoms with Gasteiger partial charge in [-0.05, 0) is 71.1 Å². The van der Waals surface area contributed by atoms with E-state index in [1.54, 1.807) is 0 Å². The summed E-state index contributed by atoms with van der Waals surface area (Å²) in [6.45, 7) is 11.0. The third-order valence-corrected chi connectivity index (χ3v) is 5.33. The zero-order valence-corrected chi connectivity index (χ0v) is 17.6. The van der Waals surface area contributed by atoms with Gasteiger partial charge in [-0.15, -0.1) is 0 Å². The van der Waals surface area contributed by atoms with Crippen LogP contribution >= 0.6 is 15.9 Å². The minimum Gasteiger partial charge on any atom is -0.318 e. The molecule has 0 saturated heterocycles. The first-order chi connectivity index (χ1) is 12.3. The molecule has 0 unspecified atom stereocenters. The summed E-state index contributed by atoms with van der Waals surface area (Å²) in [6.07, 6.45) is 1.95. The smallest absolute Gasteiger partial charge is 0.0771 e. The minimum atomic E-state index is 0.167. The number of aromatic nitrogens is 1. The molecule has 3 heteroatoms. The lowest BCUT2D eigenvalue weighted by molar-refractivity contribution is 0.590. The van der Waals surface area contributed by atoms with E-state index in [0.717, 1.165) is 15.7 Å². The summed E-state index contributed by atoms with van der Waals surface area (Å²) in [7, 11) is 0. The lowest BCUT2D eigenvalue weighted by atomic mass is 9.87. The maximum atomic E-state index is 4.65. The van der Waals surface area contributed by atoms with Gasteiger partial charge >= 0.3 is 0 Å². The number of halogens is 1. The van der Waals surface area contributed by atoms with Crippen LogP contribution in [0.5, 0.6) is 0 Å². The number of nitrogens with zero attached hydrogens (tertiary/aromatic N) is 2. The van der Waals surface area contributed by atoms with Gasteiger partial charge in [0.05, 0.1) is 5.69 Å². The Morgan fingerprint density at radius 2 is 1.62 bits per heavy atom. The molecule has 3 rings (SSSR count). The number of aliphatic imine (C=N–C) groups is 1. The molecule has 0 spiro atoms. The SMILES string of the molecule is Cc1cc(C=Nc2ccccc2Br)c(C)n1-c1ccc(C(C)(C)C)cc1. The molecule has 3 aromatic rings. The zero-order valence-electron chi connectivity index (χ0n) is 16.0. The average molecular weight is 409 g/mol. The van der Waals surface area contributed by atoms with E-state index in [0.29, 0.717) is 0 Å². The molecule has 0 N–H and O–H groups in total. The maximum absolute atomic E-state index is 4.65. The van der Waals surface area contributed by atoms with Crippen molar-refractivity contribution in [3.8, 4) is 5.69 Å². The summed E-state index contributed by atoms with van der Waals surface area (Å²) in [5, 5.41) is 0. The summed E-state index contributed by atoms with van der Waals surface area (Å²) < 4.78 is 3.29. The van der Waals surface area contributed by atoms with Crippen LogP contribution in [0.1, 0.15) is 43.3 Å². The third kappa shape index (κ3) is 3.83. The molecular weight excluding hydrogens is 384 g/mol. The Labute approximate surface area is 164 Å². The molecule has 0 atom stereocenters. The maximum Gasteiger partial charge on any atom is 0.0771 e. The molecule has 0 fully saturated rings. The molecule has 0 aliphatic heterocycles. The molecule has 2 nitrogen and oxygen atoms in total. The van der Waals surface area contributed by atoms with Gasteiger partial charge in [-0.1, -0.05) is 45.0 Å². The minimum absolute atomic E-state index is 0.167. The Morgan fingerprint density at radius 1 is 0.962 bits per heavy atom. The summed E-state index contributed by atoms with van der Waals surface area (Å²) in [5.41, 5.74) is 7.18. The normalized spacial score (nSPS) is 12.1. The standard InChI is InChI=1S/C23H25BrN2/c1-16-14-18(15-25-22-9-7-6-8-21(22)24)17(2)26(16)20-12-10-19(11-13-20)23(3,4)5/h6-15H,1-5H3. The molecule has 0 bridgehead atoms. The largest absolute Gasteiger partial charge is 0.318 e. The third-order valence-electron chi connectivity index (χ3n) is 4.66. The van der Waals surface area contributed by atoms with Crippen molar-refractivity contribution in [2.45, 2.75) is 40.0 Å². The number of para-hydroxylation sites is 1. The van der Waals surface area contributed by atoms with Gasteiger partial charge in [0, 0.05) is 33.3 Å². The Morgan fingerprint density at radius 3 is 2.23 bits per heavy atom. The monoisotopic (exact) mass is 408 g/mol. The van der Waals surface area contributed by atoms with Gasteiger partial charge in [0.15, 0.2) is 0 Å². The van der Waals surface area contributed by atoms with Crippen molar-refractivity contribution in [1.29, 1.82) is 0 Å². The van der Waals surface area contributed by atoms with Gasteiger partial charge in [0.2, 0.25) is 0 Å². The van der Waals surface area contributed by atoms with Crippen LogP contribution in [0.2, 0.25) is 0 Å². The molecule has 1 heterocycles. The van der Waals surface area contributed by atoms with Crippen molar-refractivity contribution in [2.24, 2.45) is 4.99 Å². The number of rotatable bonds is 3. The highest BCUT2D eigenvalue weighted by atomic mass is 79.9. The second-order valence-corrected chi connectivity index (χ2v) is 8.52. The van der Waals surface area contributed by atoms with E-state index in [4.69, 9.17) is 0 Å². The highest BCUT2D eigenvalue weighted by molar-refractivity contribution is 9.10. The van der Waals surface area contributed by atoms with E-state index in [2.05, 4.69) is 90.4 Å². The Kier molecular flexibility index (Phi) is 5.19. The summed E-state index contributed by atoms with van der Waals surface area (Å²) >= 11 is 3.55. The number of hydrogen-bond acceptors (Lipinski definition) is 1. The van der Waals surface area contributed by atoms with Gasteiger partial charge in [-0.25, -0.2) is 0 Å². The van der Waals surface area contributed by atoms with Crippen LogP contribution in [0.15, 0.2) is 64.1 Å². The number of benzene rings is 2. The first-order valence-corrected chi connectivity index (χ1v) is 9.65. The van der Waals surface area contributed by atoms with Crippen molar-refractivity contribution in [3.63, 3.8) is 0 Å². The van der Waals surface area contributed by atoms with E-state index in [9.17, 15) is 0 Å². The van der Waals surface area contributed by atoms with E-state index < -0.39 is 0 Å². The fourth-order valence-electron chi connectivity index (χ4n) is 3.12. The molecule has 1 aromatic heterocycles. The molecular formula is C23H25BrN2. The first-order valence-electron chi connectivity index (χ1n) is 8.86. The van der Waals surface area contributed by atoms with Crippen LogP contribution in [0.3, 0.4) is 0 Å². The van der Waals surface area contributed by atoms with Crippen molar-refractivity contribution in [1.82, 2.24) is 4.57 Å². The van der Waals surface area contributed by atoms with E-state index in [1.807, 2.05) is 30.5 Å². The lowest BCUT2D eigenvalue weighted by Crippen LogP contribution is -2.11. The van der Waals surface area contributed by atoms with Crippen LogP contribution in [0.25, 0.3) is 5.69 Å². The fourth-order valence-corrected chi connectivity index (χ4v) is 3.51. The van der Waals surface area contributed by atoms with Crippen LogP contribution in [-0.2, 0) is 5.41 Å². The van der Waals surface area contributed by atoms with Gasteiger partial charge in [0.1, 0.15) is 0 Å². The highest BCUT2D eigenvalue weighted by Gasteiger charge is 2.14. The van der Waals surface area contributed by atoms with Crippen LogP contribution in [0, 0.1) is 13.8 Å². The summed E-state index contributed by atoms with van der Waals surface area (Å²) in [4.78, 5) is 4.65. The number of hydrogen-bond donors (Lipinski definition) is 0. The topological polar surface area (TPSA) is 17.3 Å². The van der Waals surface area contributed by atoms with Crippen LogP contribution in [-0.4, -0.2) is 10.8 Å². The predicted octanol–water partition coefficient (Wildman–Crippen LogP) is 6.90. The fraction of sp³-hybridized carbons (Fsp3) is 0.261. The molecule has 134 valence electrons. The van der Waals surface area contributed by atoms with E-state index in [1.165, 1.54) is 22.6 Å². The number of aryl methyl sites for hydroxylation is 1. The second kappa shape index (κ2) is 7.24. The first kappa shape index (κ1) is 18.7. The molecule has 0 saturated carbocycles. The average Bonchev–Trinajstić information content (AvgIpc) is 2.87. The van der Waals surface area contributed by atoms with E-state index >= 15 is 0 Å². The van der Waals surface area contributed by atoms with Crippen molar-refractivity contribution in [2.75, 3.05) is 0 Å². The zero-order chi connectivity index (χ0) is 18.9. The molecule has 2 aromatic carbocycles. The van der Waals surface area contributed by atoms with Gasteiger partial charge < -0.3 is 4.57 Å². The van der Waals surface area contributed by atoms with Crippen LogP contribution in [0.4, 0.5) is 5.69 Å². The highest BCUT2D eigenvalue weighted by Crippen LogP contribution is 2.27. The lowest BCUT2D eigenvalue weighted by Gasteiger charge is -2.20. The summed E-state index contributed by atoms with van der Waals surface area (Å²) in [5.74, 6) is 0. The van der Waals surface area contributed by atoms with Gasteiger partial charge in [0.25, 0.3) is 0 Å². The van der Waals surface area contributed by atoms with E-state index in [-0.39, 0.29) is 5.41 Å². The Bertz CT molecular complexity index is 941. The molecule has 0 aliphatic rings. The summed E-state index contributed by atoms with van der Waals surface area (Å²) in [6, 6.07) is 19.1. The quantitative estimate of drug-likeness (QED) is 0.419. The Hall–Kier alpha value is -2.13. The van der Waals surface area contributed by atoms with Gasteiger partial charge in [-0.2, -0.15) is 0 Å². The molecule has 0 amide bonds. The van der Waals surface area contributed by atoms with Crippen molar-refractivity contribution < 1.29 is 0 Å². The molecule has 0 aliphatic carbocycles. The molecule has 0 radical (unpaired) electrons.